The second-order valence-electron chi connectivity index (χ2n) is 9.49. The van der Waals surface area contributed by atoms with E-state index in [1.165, 1.54) is 17.5 Å². The molecule has 2 rings (SSSR count). The maximum atomic E-state index is 12.0. The van der Waals surface area contributed by atoms with Gasteiger partial charge < -0.3 is 16.0 Å². The molecular formula is C23H39N5O. The summed E-state index contributed by atoms with van der Waals surface area (Å²) in [5, 5.41) is 9.37. The highest BCUT2D eigenvalue weighted by atomic mass is 16.2. The molecule has 2 atom stereocenters. The lowest BCUT2D eigenvalue weighted by Gasteiger charge is -2.35. The second-order valence-corrected chi connectivity index (χ2v) is 9.49. The van der Waals surface area contributed by atoms with E-state index >= 15 is 0 Å². The molecule has 6 heteroatoms. The topological polar surface area (TPSA) is 68.8 Å². The van der Waals surface area contributed by atoms with Crippen molar-refractivity contribution in [3.05, 3.63) is 35.4 Å². The number of hydrogen-bond acceptors (Lipinski definition) is 3. The van der Waals surface area contributed by atoms with E-state index in [9.17, 15) is 4.79 Å². The van der Waals surface area contributed by atoms with Crippen LogP contribution < -0.4 is 16.0 Å². The van der Waals surface area contributed by atoms with Crippen LogP contribution >= 0.6 is 0 Å². The van der Waals surface area contributed by atoms with Gasteiger partial charge in [0.15, 0.2) is 5.96 Å². The van der Waals surface area contributed by atoms with Crippen molar-refractivity contribution in [1.82, 2.24) is 20.9 Å². The average molecular weight is 402 g/mol. The normalized spacial score (nSPS) is 21.0. The number of nitrogens with one attached hydrogen (secondary N) is 3. The van der Waals surface area contributed by atoms with Gasteiger partial charge in [-0.2, -0.15) is 0 Å². The zero-order valence-electron chi connectivity index (χ0n) is 19.0. The molecular weight excluding hydrogens is 362 g/mol. The first kappa shape index (κ1) is 23.2. The van der Waals surface area contributed by atoms with E-state index in [0.717, 1.165) is 31.5 Å². The van der Waals surface area contributed by atoms with Crippen LogP contribution in [-0.4, -0.2) is 49.0 Å². The Kier molecular flexibility index (Phi) is 8.50. The predicted molar refractivity (Wildman–Crippen MR) is 121 cm³/mol. The number of piperidine rings is 1. The molecule has 0 saturated carbocycles. The van der Waals surface area contributed by atoms with Crippen LogP contribution in [0.1, 0.15) is 52.2 Å². The number of rotatable bonds is 6. The van der Waals surface area contributed by atoms with Gasteiger partial charge in [0.1, 0.15) is 0 Å². The molecule has 0 radical (unpaired) electrons. The Balaban J connectivity index is 1.90. The molecule has 1 aromatic carbocycles. The first-order valence-electron chi connectivity index (χ1n) is 10.7. The minimum atomic E-state index is -0.238. The van der Waals surface area contributed by atoms with Crippen LogP contribution in [0.25, 0.3) is 0 Å². The van der Waals surface area contributed by atoms with Gasteiger partial charge in [-0.25, -0.2) is 0 Å². The van der Waals surface area contributed by atoms with Crippen molar-refractivity contribution in [3.63, 3.8) is 0 Å². The number of likely N-dealkylation sites (tertiary alicyclic amines) is 1. The Morgan fingerprint density at radius 1 is 1.10 bits per heavy atom. The van der Waals surface area contributed by atoms with E-state index in [1.54, 1.807) is 7.05 Å². The summed E-state index contributed by atoms with van der Waals surface area (Å²) in [4.78, 5) is 18.8. The Morgan fingerprint density at radius 3 is 2.31 bits per heavy atom. The lowest BCUT2D eigenvalue weighted by Crippen LogP contribution is -2.48. The largest absolute Gasteiger partial charge is 0.352 e. The van der Waals surface area contributed by atoms with Crippen molar-refractivity contribution in [2.75, 3.05) is 26.7 Å². The van der Waals surface area contributed by atoms with Crippen molar-refractivity contribution in [3.8, 4) is 0 Å². The summed E-state index contributed by atoms with van der Waals surface area (Å²) in [7, 11) is 1.72. The Labute approximate surface area is 176 Å². The van der Waals surface area contributed by atoms with Crippen LogP contribution in [0.4, 0.5) is 0 Å². The highest BCUT2D eigenvalue weighted by Crippen LogP contribution is 2.23. The number of guanidine groups is 1. The van der Waals surface area contributed by atoms with E-state index in [1.807, 2.05) is 20.8 Å². The highest BCUT2D eigenvalue weighted by Gasteiger charge is 2.22. The van der Waals surface area contributed by atoms with E-state index < -0.39 is 0 Å². The van der Waals surface area contributed by atoms with Gasteiger partial charge in [0, 0.05) is 38.8 Å². The van der Waals surface area contributed by atoms with Crippen LogP contribution in [0.2, 0.25) is 0 Å². The fourth-order valence-corrected chi connectivity index (χ4v) is 4.07. The van der Waals surface area contributed by atoms with E-state index in [0.29, 0.717) is 12.5 Å². The quantitative estimate of drug-likeness (QED) is 0.506. The molecule has 1 aliphatic rings. The fourth-order valence-electron chi connectivity index (χ4n) is 4.07. The van der Waals surface area contributed by atoms with Crippen LogP contribution in [0.5, 0.6) is 0 Å². The fraction of sp³-hybridized carbons (Fsp3) is 0.652. The molecule has 0 aliphatic carbocycles. The summed E-state index contributed by atoms with van der Waals surface area (Å²) in [6.07, 6.45) is 1.32. The molecule has 1 heterocycles. The standard InChI is InChI=1S/C23H39N5O/c1-17-11-18(2)15-28(14-17)16-20-10-8-7-9-19(20)12-25-22(24-6)26-13-21(29)27-23(3,4)5/h7-10,17-18H,11-16H2,1-6H3,(H,27,29)(H2,24,25,26). The lowest BCUT2D eigenvalue weighted by atomic mass is 9.91. The molecule has 0 spiro atoms. The van der Waals surface area contributed by atoms with E-state index in [4.69, 9.17) is 0 Å². The average Bonchev–Trinajstić information content (AvgIpc) is 2.60. The molecule has 1 fully saturated rings. The number of aliphatic imine (C=N–C) groups is 1. The lowest BCUT2D eigenvalue weighted by molar-refractivity contribution is -0.121. The summed E-state index contributed by atoms with van der Waals surface area (Å²) in [6, 6.07) is 8.57. The summed E-state index contributed by atoms with van der Waals surface area (Å²) >= 11 is 0. The number of hydrogen-bond donors (Lipinski definition) is 3. The van der Waals surface area contributed by atoms with Crippen molar-refractivity contribution in [1.29, 1.82) is 0 Å². The summed E-state index contributed by atoms with van der Waals surface area (Å²) in [5.74, 6) is 2.09. The van der Waals surface area contributed by atoms with Gasteiger partial charge in [-0.3, -0.25) is 14.7 Å². The van der Waals surface area contributed by atoms with E-state index in [2.05, 4.69) is 64.0 Å². The molecule has 2 unspecified atom stereocenters. The maximum Gasteiger partial charge on any atom is 0.239 e. The maximum absolute atomic E-state index is 12.0. The minimum absolute atomic E-state index is 0.0470. The molecule has 162 valence electrons. The highest BCUT2D eigenvalue weighted by molar-refractivity contribution is 5.86. The Bertz CT molecular complexity index is 685. The molecule has 0 aromatic heterocycles. The third-order valence-corrected chi connectivity index (χ3v) is 5.06. The first-order valence-corrected chi connectivity index (χ1v) is 10.7. The molecule has 1 aromatic rings. The van der Waals surface area contributed by atoms with Crippen LogP contribution in [0.3, 0.4) is 0 Å². The molecule has 0 bridgehead atoms. The zero-order chi connectivity index (χ0) is 21.4. The first-order chi connectivity index (χ1) is 13.7. The van der Waals surface area contributed by atoms with Crippen molar-refractivity contribution < 1.29 is 4.79 Å². The summed E-state index contributed by atoms with van der Waals surface area (Å²) in [6.45, 7) is 14.8. The number of benzene rings is 1. The molecule has 3 N–H and O–H groups in total. The van der Waals surface area contributed by atoms with Crippen LogP contribution in [0.15, 0.2) is 29.3 Å². The van der Waals surface area contributed by atoms with E-state index in [-0.39, 0.29) is 18.0 Å². The van der Waals surface area contributed by atoms with Crippen molar-refractivity contribution >= 4 is 11.9 Å². The van der Waals surface area contributed by atoms with Gasteiger partial charge in [-0.15, -0.1) is 0 Å². The minimum Gasteiger partial charge on any atom is -0.352 e. The van der Waals surface area contributed by atoms with Gasteiger partial charge >= 0.3 is 0 Å². The third-order valence-electron chi connectivity index (χ3n) is 5.06. The second kappa shape index (κ2) is 10.6. The number of nitrogens with zero attached hydrogens (tertiary/aromatic N) is 2. The van der Waals surface area contributed by atoms with Gasteiger partial charge in [0.05, 0.1) is 6.54 Å². The van der Waals surface area contributed by atoms with Gasteiger partial charge in [-0.1, -0.05) is 38.1 Å². The number of amides is 1. The van der Waals surface area contributed by atoms with Crippen molar-refractivity contribution in [2.24, 2.45) is 16.8 Å². The SMILES string of the molecule is CN=C(NCC(=O)NC(C)(C)C)NCc1ccccc1CN1CC(C)CC(C)C1. The Morgan fingerprint density at radius 2 is 1.72 bits per heavy atom. The van der Waals surface area contributed by atoms with Crippen LogP contribution in [0, 0.1) is 11.8 Å². The smallest absolute Gasteiger partial charge is 0.239 e. The van der Waals surface area contributed by atoms with Gasteiger partial charge in [-0.05, 0) is 50.2 Å². The van der Waals surface area contributed by atoms with Gasteiger partial charge in [0.25, 0.3) is 0 Å². The number of carbonyl (C=O) groups excluding carboxylic acids is 1. The summed E-state index contributed by atoms with van der Waals surface area (Å²) in [5.41, 5.74) is 2.38. The monoisotopic (exact) mass is 401 g/mol. The zero-order valence-corrected chi connectivity index (χ0v) is 19.0. The number of carbonyl (C=O) groups is 1. The van der Waals surface area contributed by atoms with Crippen LogP contribution in [-0.2, 0) is 17.9 Å². The molecule has 1 aliphatic heterocycles. The molecule has 1 amide bonds. The molecule has 1 saturated heterocycles. The summed E-state index contributed by atoms with van der Waals surface area (Å²) < 4.78 is 0. The predicted octanol–water partition coefficient (Wildman–Crippen LogP) is 2.74. The Hall–Kier alpha value is -2.08. The van der Waals surface area contributed by atoms with Gasteiger partial charge in [0.2, 0.25) is 5.91 Å². The van der Waals surface area contributed by atoms with Crippen molar-refractivity contribution in [2.45, 2.75) is 59.7 Å². The molecule has 6 nitrogen and oxygen atoms in total. The third kappa shape index (κ3) is 8.44. The molecule has 29 heavy (non-hydrogen) atoms.